The lowest BCUT2D eigenvalue weighted by Crippen LogP contribution is -2.46. The van der Waals surface area contributed by atoms with Gasteiger partial charge in [0.15, 0.2) is 0 Å². The summed E-state index contributed by atoms with van der Waals surface area (Å²) in [5.41, 5.74) is 7.42. The highest BCUT2D eigenvalue weighted by atomic mass is 16.5. The molecule has 1 aromatic rings. The third kappa shape index (κ3) is 6.79. The highest BCUT2D eigenvalue weighted by Gasteiger charge is 2.48. The van der Waals surface area contributed by atoms with Crippen LogP contribution in [-0.4, -0.2) is 96.1 Å². The second-order valence-corrected chi connectivity index (χ2v) is 12.4. The molecule has 0 bridgehead atoms. The molecule has 3 aliphatic rings. The number of aliphatic carboxylic acids is 1. The first-order valence-corrected chi connectivity index (χ1v) is 15.2. The zero-order valence-electron chi connectivity index (χ0n) is 24.6. The first-order valence-electron chi connectivity index (χ1n) is 15.2. The summed E-state index contributed by atoms with van der Waals surface area (Å²) in [7, 11) is 0. The number of hydrogen-bond donors (Lipinski definition) is 2. The van der Waals surface area contributed by atoms with E-state index in [9.17, 15) is 19.5 Å². The van der Waals surface area contributed by atoms with Crippen LogP contribution in [0, 0.1) is 11.3 Å². The number of ether oxygens (including phenoxy) is 1. The molecule has 9 heteroatoms. The predicted molar refractivity (Wildman–Crippen MR) is 154 cm³/mol. The molecule has 0 radical (unpaired) electrons. The standard InChI is InChI=1S/C31H48N4O5/c1-4-5-14-33(15-7-6-13-32)27(36)21-35-20-24(22-8-9-26-23(19-22)11-18-40-26)28(29(37)38)25(35)10-16-34-17-12-31(2,3)30(34)39/h8-9,19,24-25,28H,4-7,10-18,20-21,32H2,1-3H3,(H,37,38)/t24-,25+,28-/m1/s1. The number of nitrogens with zero attached hydrogens (tertiary/aromatic N) is 3. The number of carbonyl (C=O) groups excluding carboxylic acids is 2. The smallest absolute Gasteiger partial charge is 0.308 e. The van der Waals surface area contributed by atoms with E-state index in [2.05, 4.69) is 17.9 Å². The first-order chi connectivity index (χ1) is 19.2. The second kappa shape index (κ2) is 13.3. The summed E-state index contributed by atoms with van der Waals surface area (Å²) in [6, 6.07) is 5.69. The number of hydrogen-bond acceptors (Lipinski definition) is 6. The van der Waals surface area contributed by atoms with Crippen molar-refractivity contribution in [2.75, 3.05) is 52.4 Å². The third-order valence-corrected chi connectivity index (χ3v) is 9.10. The maximum absolute atomic E-state index is 13.6. The molecule has 0 spiro atoms. The Morgan fingerprint density at radius 1 is 1.20 bits per heavy atom. The van der Waals surface area contributed by atoms with Gasteiger partial charge in [0.1, 0.15) is 5.75 Å². The number of benzene rings is 1. The molecule has 3 heterocycles. The minimum atomic E-state index is -0.847. The summed E-state index contributed by atoms with van der Waals surface area (Å²) in [5.74, 6) is -0.716. The summed E-state index contributed by atoms with van der Waals surface area (Å²) in [6.45, 7) is 10.5. The van der Waals surface area contributed by atoms with Crippen LogP contribution in [0.5, 0.6) is 5.75 Å². The Balaban J connectivity index is 1.57. The summed E-state index contributed by atoms with van der Waals surface area (Å²) >= 11 is 0. The summed E-state index contributed by atoms with van der Waals surface area (Å²) in [6.07, 6.45) is 5.81. The van der Waals surface area contributed by atoms with Crippen LogP contribution in [0.3, 0.4) is 0 Å². The van der Waals surface area contributed by atoms with Crippen molar-refractivity contribution in [1.29, 1.82) is 0 Å². The van der Waals surface area contributed by atoms with Crippen LogP contribution in [-0.2, 0) is 20.8 Å². The van der Waals surface area contributed by atoms with Gasteiger partial charge in [-0.25, -0.2) is 0 Å². The average molecular weight is 557 g/mol. The molecule has 9 nitrogen and oxygen atoms in total. The van der Waals surface area contributed by atoms with Crippen molar-refractivity contribution in [3.8, 4) is 5.75 Å². The zero-order chi connectivity index (χ0) is 28.9. The second-order valence-electron chi connectivity index (χ2n) is 12.4. The van der Waals surface area contributed by atoms with Gasteiger partial charge in [-0.05, 0) is 55.8 Å². The van der Waals surface area contributed by atoms with E-state index < -0.39 is 11.9 Å². The number of rotatable bonds is 14. The molecule has 2 fully saturated rings. The van der Waals surface area contributed by atoms with Gasteiger partial charge in [0.2, 0.25) is 11.8 Å². The van der Waals surface area contributed by atoms with Crippen molar-refractivity contribution in [1.82, 2.24) is 14.7 Å². The van der Waals surface area contributed by atoms with Gasteiger partial charge >= 0.3 is 5.97 Å². The minimum absolute atomic E-state index is 0.0426. The average Bonchev–Trinajstić information content (AvgIpc) is 3.60. The highest BCUT2D eigenvalue weighted by Crippen LogP contribution is 2.41. The number of fused-ring (bicyclic) bond motifs is 1. The molecule has 2 amide bonds. The van der Waals surface area contributed by atoms with Gasteiger partial charge in [-0.3, -0.25) is 19.3 Å². The Bertz CT molecular complexity index is 1060. The lowest BCUT2D eigenvalue weighted by Gasteiger charge is -2.31. The molecule has 2 saturated heterocycles. The van der Waals surface area contributed by atoms with Crippen LogP contribution in [0.2, 0.25) is 0 Å². The topological polar surface area (TPSA) is 116 Å². The summed E-state index contributed by atoms with van der Waals surface area (Å²) < 4.78 is 5.68. The minimum Gasteiger partial charge on any atom is -0.493 e. The summed E-state index contributed by atoms with van der Waals surface area (Å²) in [5, 5.41) is 10.5. The van der Waals surface area contributed by atoms with Crippen LogP contribution in [0.4, 0.5) is 0 Å². The van der Waals surface area contributed by atoms with E-state index in [1.807, 2.05) is 35.8 Å². The maximum Gasteiger partial charge on any atom is 0.308 e. The quantitative estimate of drug-likeness (QED) is 0.338. The first kappa shape index (κ1) is 30.3. The van der Waals surface area contributed by atoms with Gasteiger partial charge in [-0.2, -0.15) is 0 Å². The Labute approximate surface area is 239 Å². The van der Waals surface area contributed by atoms with Crippen LogP contribution >= 0.6 is 0 Å². The van der Waals surface area contributed by atoms with Crippen LogP contribution < -0.4 is 10.5 Å². The van der Waals surface area contributed by atoms with E-state index >= 15 is 0 Å². The number of unbranched alkanes of at least 4 members (excludes halogenated alkanes) is 2. The van der Waals surface area contributed by atoms with Gasteiger partial charge in [0.25, 0.3) is 0 Å². The van der Waals surface area contributed by atoms with Gasteiger partial charge < -0.3 is 25.4 Å². The molecule has 222 valence electrons. The van der Waals surface area contributed by atoms with E-state index in [0.717, 1.165) is 55.4 Å². The fourth-order valence-electron chi connectivity index (χ4n) is 6.61. The molecular weight excluding hydrogens is 508 g/mol. The molecule has 1 aromatic carbocycles. The van der Waals surface area contributed by atoms with Gasteiger partial charge in [-0.1, -0.05) is 39.3 Å². The van der Waals surface area contributed by atoms with Crippen molar-refractivity contribution in [2.24, 2.45) is 17.1 Å². The van der Waals surface area contributed by atoms with E-state index in [1.165, 1.54) is 0 Å². The van der Waals surface area contributed by atoms with Crippen molar-refractivity contribution in [3.63, 3.8) is 0 Å². The van der Waals surface area contributed by atoms with Crippen LogP contribution in [0.15, 0.2) is 18.2 Å². The molecular formula is C31H48N4O5. The SMILES string of the molecule is CCCCN(CCCCN)C(=O)CN1C[C@H](c2ccc3c(c2)CCO3)[C@@H](C(=O)O)[C@@H]1CCN1CCC(C)(C)C1=O. The third-order valence-electron chi connectivity index (χ3n) is 9.10. The maximum atomic E-state index is 13.6. The molecule has 40 heavy (non-hydrogen) atoms. The molecule has 4 rings (SSSR count). The van der Waals surface area contributed by atoms with E-state index in [1.54, 1.807) is 0 Å². The Morgan fingerprint density at radius 3 is 2.65 bits per heavy atom. The molecule has 0 unspecified atom stereocenters. The van der Waals surface area contributed by atoms with Crippen molar-refractivity contribution in [3.05, 3.63) is 29.3 Å². The number of amides is 2. The number of carboxylic acid groups (broad SMARTS) is 1. The van der Waals surface area contributed by atoms with Gasteiger partial charge in [0.05, 0.1) is 19.1 Å². The highest BCUT2D eigenvalue weighted by molar-refractivity contribution is 5.84. The predicted octanol–water partition coefficient (Wildman–Crippen LogP) is 3.11. The fraction of sp³-hybridized carbons (Fsp3) is 0.710. The van der Waals surface area contributed by atoms with Crippen LogP contribution in [0.1, 0.15) is 76.3 Å². The molecule has 3 aliphatic heterocycles. The molecule has 0 aromatic heterocycles. The number of carbonyl (C=O) groups is 3. The van der Waals surface area contributed by atoms with Gasteiger partial charge in [-0.15, -0.1) is 0 Å². The lowest BCUT2D eigenvalue weighted by atomic mass is 9.83. The largest absolute Gasteiger partial charge is 0.493 e. The van der Waals surface area contributed by atoms with Crippen molar-refractivity contribution >= 4 is 17.8 Å². The monoisotopic (exact) mass is 556 g/mol. The molecule has 3 atom stereocenters. The van der Waals surface area contributed by atoms with E-state index in [-0.39, 0.29) is 35.7 Å². The zero-order valence-corrected chi connectivity index (χ0v) is 24.6. The molecule has 0 aliphatic carbocycles. The number of carboxylic acids is 1. The fourth-order valence-corrected chi connectivity index (χ4v) is 6.61. The normalized spacial score (nSPS) is 23.9. The van der Waals surface area contributed by atoms with Crippen molar-refractivity contribution in [2.45, 2.75) is 77.7 Å². The molecule has 0 saturated carbocycles. The van der Waals surface area contributed by atoms with E-state index in [4.69, 9.17) is 10.5 Å². The molecule has 3 N–H and O–H groups in total. The van der Waals surface area contributed by atoms with Gasteiger partial charge in [0, 0.05) is 56.5 Å². The Morgan fingerprint density at radius 2 is 1.98 bits per heavy atom. The number of likely N-dealkylation sites (tertiary alicyclic amines) is 2. The number of nitrogens with two attached hydrogens (primary N) is 1. The Kier molecular flexibility index (Phi) is 10.1. The lowest BCUT2D eigenvalue weighted by molar-refractivity contribution is -0.144. The van der Waals surface area contributed by atoms with E-state index in [0.29, 0.717) is 52.3 Å². The van der Waals surface area contributed by atoms with Crippen LogP contribution in [0.25, 0.3) is 0 Å². The Hall–Kier alpha value is -2.65. The summed E-state index contributed by atoms with van der Waals surface area (Å²) in [4.78, 5) is 45.3. The van der Waals surface area contributed by atoms with Crippen molar-refractivity contribution < 1.29 is 24.2 Å².